The van der Waals surface area contributed by atoms with Crippen molar-refractivity contribution in [2.45, 2.75) is 71.8 Å². The van der Waals surface area contributed by atoms with Gasteiger partial charge in [0.15, 0.2) is 0 Å². The molecule has 114 valence electrons. The monoisotopic (exact) mass is 269 g/mol. The van der Waals surface area contributed by atoms with E-state index >= 15 is 0 Å². The van der Waals surface area contributed by atoms with Crippen LogP contribution >= 0.6 is 0 Å². The number of nitrogens with one attached hydrogen (secondary N) is 1. The van der Waals surface area contributed by atoms with Gasteiger partial charge in [0.25, 0.3) is 0 Å². The van der Waals surface area contributed by atoms with E-state index in [4.69, 9.17) is 4.74 Å². The third kappa shape index (κ3) is 5.83. The van der Waals surface area contributed by atoms with Gasteiger partial charge in [-0.2, -0.15) is 0 Å². The van der Waals surface area contributed by atoms with Crippen molar-refractivity contribution in [3.8, 4) is 0 Å². The van der Waals surface area contributed by atoms with E-state index in [1.54, 1.807) is 0 Å². The molecule has 0 heterocycles. The summed E-state index contributed by atoms with van der Waals surface area (Å²) in [5.41, 5.74) is 0. The Balaban J connectivity index is 2.55. The molecule has 0 aromatic heterocycles. The maximum atomic E-state index is 5.27. The molecule has 1 saturated carbocycles. The van der Waals surface area contributed by atoms with Crippen molar-refractivity contribution in [2.75, 3.05) is 20.3 Å². The molecule has 1 fully saturated rings. The summed E-state index contributed by atoms with van der Waals surface area (Å²) in [6.07, 6.45) is 9.54. The zero-order valence-corrected chi connectivity index (χ0v) is 13.6. The van der Waals surface area contributed by atoms with Crippen LogP contribution < -0.4 is 5.32 Å². The first-order chi connectivity index (χ1) is 9.22. The first-order valence-electron chi connectivity index (χ1n) is 8.45. The van der Waals surface area contributed by atoms with E-state index in [0.717, 1.165) is 30.9 Å². The lowest BCUT2D eigenvalue weighted by Gasteiger charge is -2.38. The van der Waals surface area contributed by atoms with Crippen molar-refractivity contribution in [3.63, 3.8) is 0 Å². The Kier molecular flexibility index (Phi) is 8.72. The Hall–Kier alpha value is -0.0800. The first-order valence-corrected chi connectivity index (χ1v) is 8.45. The van der Waals surface area contributed by atoms with Crippen molar-refractivity contribution in [1.82, 2.24) is 5.32 Å². The second kappa shape index (κ2) is 9.77. The molecule has 0 bridgehead atoms. The van der Waals surface area contributed by atoms with E-state index in [2.05, 4.69) is 26.1 Å². The highest BCUT2D eigenvalue weighted by molar-refractivity contribution is 4.85. The Morgan fingerprint density at radius 3 is 2.68 bits per heavy atom. The fourth-order valence-corrected chi connectivity index (χ4v) is 3.66. The van der Waals surface area contributed by atoms with Crippen molar-refractivity contribution in [3.05, 3.63) is 0 Å². The van der Waals surface area contributed by atoms with Gasteiger partial charge < -0.3 is 10.1 Å². The average molecular weight is 269 g/mol. The number of ether oxygens (including phenoxy) is 1. The van der Waals surface area contributed by atoms with Crippen molar-refractivity contribution in [2.24, 2.45) is 17.8 Å². The molecule has 19 heavy (non-hydrogen) atoms. The second-order valence-corrected chi connectivity index (χ2v) is 6.44. The predicted octanol–water partition coefficient (Wildman–Crippen LogP) is 4.24. The smallest absolute Gasteiger partial charge is 0.0465 e. The van der Waals surface area contributed by atoms with E-state index in [1.807, 2.05) is 7.11 Å². The van der Waals surface area contributed by atoms with Gasteiger partial charge in [0.1, 0.15) is 0 Å². The topological polar surface area (TPSA) is 21.3 Å². The van der Waals surface area contributed by atoms with Crippen LogP contribution in [0.2, 0.25) is 0 Å². The zero-order valence-electron chi connectivity index (χ0n) is 13.6. The molecule has 0 amide bonds. The molecule has 1 rings (SSSR count). The standard InChI is InChI=1S/C17H35NO/c1-5-11-18-17(14(3)10-12-19-4)16-9-7-8-15(6-2)13-16/h14-18H,5-13H2,1-4H3. The highest BCUT2D eigenvalue weighted by Gasteiger charge is 2.30. The number of hydrogen-bond acceptors (Lipinski definition) is 2. The minimum Gasteiger partial charge on any atom is -0.385 e. The van der Waals surface area contributed by atoms with E-state index in [-0.39, 0.29) is 0 Å². The van der Waals surface area contributed by atoms with E-state index < -0.39 is 0 Å². The Morgan fingerprint density at radius 1 is 1.26 bits per heavy atom. The van der Waals surface area contributed by atoms with Gasteiger partial charge in [-0.05, 0) is 50.0 Å². The summed E-state index contributed by atoms with van der Waals surface area (Å²) in [5.74, 6) is 2.59. The van der Waals surface area contributed by atoms with Crippen molar-refractivity contribution in [1.29, 1.82) is 0 Å². The first kappa shape index (κ1) is 17.0. The van der Waals surface area contributed by atoms with Crippen LogP contribution in [0.4, 0.5) is 0 Å². The van der Waals surface area contributed by atoms with Crippen LogP contribution in [-0.2, 0) is 4.74 Å². The van der Waals surface area contributed by atoms with Gasteiger partial charge in [0.2, 0.25) is 0 Å². The summed E-state index contributed by atoms with van der Waals surface area (Å²) in [7, 11) is 1.81. The Morgan fingerprint density at radius 2 is 2.05 bits per heavy atom. The summed E-state index contributed by atoms with van der Waals surface area (Å²) in [6, 6.07) is 0.699. The lowest BCUT2D eigenvalue weighted by molar-refractivity contribution is 0.134. The van der Waals surface area contributed by atoms with Gasteiger partial charge in [-0.1, -0.05) is 40.0 Å². The molecule has 0 radical (unpaired) electrons. The average Bonchev–Trinajstić information content (AvgIpc) is 2.45. The fourth-order valence-electron chi connectivity index (χ4n) is 3.66. The molecule has 0 saturated heterocycles. The summed E-state index contributed by atoms with van der Waals surface area (Å²) >= 11 is 0. The van der Waals surface area contributed by atoms with Crippen LogP contribution in [-0.4, -0.2) is 26.3 Å². The SMILES string of the molecule is CCCNC(C(C)CCOC)C1CCCC(CC)C1. The van der Waals surface area contributed by atoms with E-state index in [0.29, 0.717) is 6.04 Å². The molecule has 1 N–H and O–H groups in total. The van der Waals surface area contributed by atoms with Gasteiger partial charge >= 0.3 is 0 Å². The summed E-state index contributed by atoms with van der Waals surface area (Å²) in [6.45, 7) is 9.09. The molecule has 4 atom stereocenters. The maximum Gasteiger partial charge on any atom is 0.0465 e. The van der Waals surface area contributed by atoms with Gasteiger partial charge in [-0.15, -0.1) is 0 Å². The van der Waals surface area contributed by atoms with Crippen LogP contribution in [0.3, 0.4) is 0 Å². The summed E-state index contributed by atoms with van der Waals surface area (Å²) in [4.78, 5) is 0. The molecule has 0 aromatic rings. The quantitative estimate of drug-likeness (QED) is 0.676. The molecule has 0 aromatic carbocycles. The fraction of sp³-hybridized carbons (Fsp3) is 1.00. The third-order valence-electron chi connectivity index (χ3n) is 4.93. The molecular weight excluding hydrogens is 234 g/mol. The molecule has 4 unspecified atom stereocenters. The van der Waals surface area contributed by atoms with Crippen molar-refractivity contribution < 1.29 is 4.74 Å². The normalized spacial score (nSPS) is 27.2. The zero-order chi connectivity index (χ0) is 14.1. The van der Waals surface area contributed by atoms with Gasteiger partial charge in [0, 0.05) is 19.8 Å². The van der Waals surface area contributed by atoms with Crippen LogP contribution in [0.15, 0.2) is 0 Å². The summed E-state index contributed by atoms with van der Waals surface area (Å²) in [5, 5.41) is 3.84. The molecule has 1 aliphatic carbocycles. The summed E-state index contributed by atoms with van der Waals surface area (Å²) < 4.78 is 5.27. The lowest BCUT2D eigenvalue weighted by Crippen LogP contribution is -2.43. The molecule has 0 aliphatic heterocycles. The number of methoxy groups -OCH3 is 1. The minimum absolute atomic E-state index is 0.699. The molecule has 1 aliphatic rings. The molecule has 2 nitrogen and oxygen atoms in total. The minimum atomic E-state index is 0.699. The van der Waals surface area contributed by atoms with Crippen LogP contribution in [0.1, 0.15) is 65.7 Å². The Bertz CT molecular complexity index is 219. The van der Waals surface area contributed by atoms with Gasteiger partial charge in [-0.25, -0.2) is 0 Å². The van der Waals surface area contributed by atoms with Crippen molar-refractivity contribution >= 4 is 0 Å². The predicted molar refractivity (Wildman–Crippen MR) is 83.5 cm³/mol. The Labute approximate surface area is 120 Å². The number of hydrogen-bond donors (Lipinski definition) is 1. The highest BCUT2D eigenvalue weighted by Crippen LogP contribution is 2.35. The number of rotatable bonds is 9. The second-order valence-electron chi connectivity index (χ2n) is 6.44. The van der Waals surface area contributed by atoms with Crippen LogP contribution in [0.5, 0.6) is 0 Å². The lowest BCUT2D eigenvalue weighted by atomic mass is 9.73. The van der Waals surface area contributed by atoms with E-state index in [9.17, 15) is 0 Å². The molecule has 2 heteroatoms. The van der Waals surface area contributed by atoms with Gasteiger partial charge in [0.05, 0.1) is 0 Å². The maximum absolute atomic E-state index is 5.27. The highest BCUT2D eigenvalue weighted by atomic mass is 16.5. The van der Waals surface area contributed by atoms with E-state index in [1.165, 1.54) is 44.9 Å². The van der Waals surface area contributed by atoms with Gasteiger partial charge in [-0.3, -0.25) is 0 Å². The van der Waals surface area contributed by atoms with Crippen LogP contribution in [0.25, 0.3) is 0 Å². The van der Waals surface area contributed by atoms with Crippen LogP contribution in [0, 0.1) is 17.8 Å². The molecular formula is C17H35NO. The molecule has 0 spiro atoms. The third-order valence-corrected chi connectivity index (χ3v) is 4.93. The largest absolute Gasteiger partial charge is 0.385 e.